The van der Waals surface area contributed by atoms with Crippen LogP contribution in [-0.4, -0.2) is 60.8 Å². The highest BCUT2D eigenvalue weighted by Crippen LogP contribution is 2.18. The molecule has 0 saturated carbocycles. The second kappa shape index (κ2) is 5.28. The van der Waals surface area contributed by atoms with E-state index in [0.717, 1.165) is 31.8 Å². The minimum absolute atomic E-state index is 0.0321. The third-order valence-electron chi connectivity index (χ3n) is 3.80. The number of piperidine rings is 2. The fourth-order valence-electron chi connectivity index (χ4n) is 2.89. The molecule has 2 aliphatic heterocycles. The summed E-state index contributed by atoms with van der Waals surface area (Å²) in [5, 5.41) is 9.44. The van der Waals surface area contributed by atoms with E-state index in [9.17, 15) is 5.11 Å². The van der Waals surface area contributed by atoms with Crippen LogP contribution in [0, 0.1) is 5.92 Å². The zero-order chi connectivity index (χ0) is 10.7. The summed E-state index contributed by atoms with van der Waals surface area (Å²) in [5.41, 5.74) is 0. The van der Waals surface area contributed by atoms with E-state index in [1.54, 1.807) is 0 Å². The van der Waals surface area contributed by atoms with Crippen LogP contribution in [0.5, 0.6) is 0 Å². The number of aliphatic hydroxyl groups excluding tert-OH is 1. The van der Waals surface area contributed by atoms with Crippen molar-refractivity contribution in [1.29, 1.82) is 0 Å². The molecule has 0 spiro atoms. The first-order chi connectivity index (χ1) is 7.24. The van der Waals surface area contributed by atoms with Gasteiger partial charge >= 0.3 is 0 Å². The van der Waals surface area contributed by atoms with Gasteiger partial charge in [0.05, 0.1) is 6.10 Å². The Morgan fingerprint density at radius 3 is 2.53 bits per heavy atom. The summed E-state index contributed by atoms with van der Waals surface area (Å²) in [6.45, 7) is 5.98. The van der Waals surface area contributed by atoms with E-state index >= 15 is 0 Å². The molecule has 2 saturated heterocycles. The number of aliphatic hydroxyl groups is 1. The molecular weight excluding hydrogens is 188 g/mol. The lowest BCUT2D eigenvalue weighted by Gasteiger charge is -2.36. The van der Waals surface area contributed by atoms with Crippen molar-refractivity contribution < 1.29 is 5.11 Å². The second-order valence-electron chi connectivity index (χ2n) is 5.30. The van der Waals surface area contributed by atoms with Gasteiger partial charge in [-0.3, -0.25) is 0 Å². The van der Waals surface area contributed by atoms with Gasteiger partial charge in [0.2, 0.25) is 0 Å². The minimum atomic E-state index is -0.0321. The summed E-state index contributed by atoms with van der Waals surface area (Å²) in [5.74, 6) is 0.860. The van der Waals surface area contributed by atoms with Gasteiger partial charge in [-0.05, 0) is 45.2 Å². The van der Waals surface area contributed by atoms with E-state index < -0.39 is 0 Å². The molecule has 2 aliphatic rings. The molecule has 0 amide bonds. The largest absolute Gasteiger partial charge is 0.393 e. The van der Waals surface area contributed by atoms with E-state index in [2.05, 4.69) is 16.8 Å². The molecule has 2 rings (SSSR count). The highest BCUT2D eigenvalue weighted by Gasteiger charge is 2.22. The maximum absolute atomic E-state index is 9.44. The summed E-state index contributed by atoms with van der Waals surface area (Å²) < 4.78 is 0. The molecule has 1 unspecified atom stereocenters. The summed E-state index contributed by atoms with van der Waals surface area (Å²) in [7, 11) is 2.23. The Balaban J connectivity index is 1.71. The van der Waals surface area contributed by atoms with Crippen molar-refractivity contribution >= 4 is 0 Å². The van der Waals surface area contributed by atoms with E-state index in [1.165, 1.54) is 32.5 Å². The predicted molar refractivity (Wildman–Crippen MR) is 61.9 cm³/mol. The zero-order valence-corrected chi connectivity index (χ0v) is 9.86. The zero-order valence-electron chi connectivity index (χ0n) is 9.86. The van der Waals surface area contributed by atoms with Crippen molar-refractivity contribution in [3.63, 3.8) is 0 Å². The molecule has 0 aromatic rings. The molecule has 3 heteroatoms. The predicted octanol–water partition coefficient (Wildman–Crippen LogP) is 0.785. The molecule has 1 atom stereocenters. The van der Waals surface area contributed by atoms with Crippen molar-refractivity contribution in [2.24, 2.45) is 5.92 Å². The van der Waals surface area contributed by atoms with Crippen molar-refractivity contribution in [1.82, 2.24) is 9.80 Å². The Hall–Kier alpha value is -0.120. The topological polar surface area (TPSA) is 26.7 Å². The van der Waals surface area contributed by atoms with Crippen LogP contribution in [-0.2, 0) is 0 Å². The molecule has 3 nitrogen and oxygen atoms in total. The first kappa shape index (κ1) is 11.4. The molecule has 2 fully saturated rings. The van der Waals surface area contributed by atoms with Crippen LogP contribution in [0.3, 0.4) is 0 Å². The van der Waals surface area contributed by atoms with E-state index in [0.29, 0.717) is 0 Å². The molecule has 0 aromatic carbocycles. The summed E-state index contributed by atoms with van der Waals surface area (Å²) in [4.78, 5) is 4.99. The van der Waals surface area contributed by atoms with Gasteiger partial charge in [0, 0.05) is 26.2 Å². The van der Waals surface area contributed by atoms with Crippen LogP contribution in [0.25, 0.3) is 0 Å². The third-order valence-corrected chi connectivity index (χ3v) is 3.80. The number of likely N-dealkylation sites (tertiary alicyclic amines) is 2. The van der Waals surface area contributed by atoms with E-state index in [-0.39, 0.29) is 6.10 Å². The molecule has 1 N–H and O–H groups in total. The Labute approximate surface area is 93.1 Å². The lowest BCUT2D eigenvalue weighted by molar-refractivity contribution is 0.0653. The first-order valence-corrected chi connectivity index (χ1v) is 6.33. The fraction of sp³-hybridized carbons (Fsp3) is 1.00. The average molecular weight is 212 g/mol. The van der Waals surface area contributed by atoms with Crippen LogP contribution in [0.1, 0.15) is 25.7 Å². The Bertz CT molecular complexity index is 190. The average Bonchev–Trinajstić information content (AvgIpc) is 2.22. The van der Waals surface area contributed by atoms with Gasteiger partial charge in [-0.1, -0.05) is 0 Å². The normalized spacial score (nSPS) is 32.0. The number of hydrogen-bond donors (Lipinski definition) is 1. The van der Waals surface area contributed by atoms with Gasteiger partial charge in [-0.15, -0.1) is 0 Å². The highest BCUT2D eigenvalue weighted by molar-refractivity contribution is 4.77. The lowest BCUT2D eigenvalue weighted by atomic mass is 9.96. The number of hydrogen-bond acceptors (Lipinski definition) is 3. The molecule has 0 aromatic heterocycles. The summed E-state index contributed by atoms with van der Waals surface area (Å²) in [6.07, 6.45) is 4.67. The van der Waals surface area contributed by atoms with Gasteiger partial charge in [-0.2, -0.15) is 0 Å². The van der Waals surface area contributed by atoms with Crippen LogP contribution >= 0.6 is 0 Å². The maximum atomic E-state index is 9.44. The SMILES string of the molecule is CN1CCCC(CN2CCC(O)CC2)C1. The molecule has 0 bridgehead atoms. The standard InChI is InChI=1S/C12H24N2O/c1-13-6-2-3-11(9-13)10-14-7-4-12(15)5-8-14/h11-12,15H,2-10H2,1H3. The van der Waals surface area contributed by atoms with Crippen molar-refractivity contribution in [3.8, 4) is 0 Å². The molecular formula is C12H24N2O. The van der Waals surface area contributed by atoms with Crippen LogP contribution in [0.15, 0.2) is 0 Å². The molecule has 88 valence electrons. The van der Waals surface area contributed by atoms with Gasteiger partial charge in [0.15, 0.2) is 0 Å². The van der Waals surface area contributed by atoms with Crippen LogP contribution < -0.4 is 0 Å². The maximum Gasteiger partial charge on any atom is 0.0564 e. The van der Waals surface area contributed by atoms with E-state index in [1.807, 2.05) is 0 Å². The molecule has 0 radical (unpaired) electrons. The monoisotopic (exact) mass is 212 g/mol. The van der Waals surface area contributed by atoms with Crippen molar-refractivity contribution in [3.05, 3.63) is 0 Å². The van der Waals surface area contributed by atoms with Crippen LogP contribution in [0.2, 0.25) is 0 Å². The van der Waals surface area contributed by atoms with Gasteiger partial charge < -0.3 is 14.9 Å². The number of nitrogens with zero attached hydrogens (tertiary/aromatic N) is 2. The van der Waals surface area contributed by atoms with Gasteiger partial charge in [-0.25, -0.2) is 0 Å². The molecule has 0 aliphatic carbocycles. The third kappa shape index (κ3) is 3.44. The van der Waals surface area contributed by atoms with E-state index in [4.69, 9.17) is 0 Å². The Morgan fingerprint density at radius 1 is 1.13 bits per heavy atom. The van der Waals surface area contributed by atoms with Crippen LogP contribution in [0.4, 0.5) is 0 Å². The smallest absolute Gasteiger partial charge is 0.0564 e. The second-order valence-corrected chi connectivity index (χ2v) is 5.30. The number of rotatable bonds is 2. The highest BCUT2D eigenvalue weighted by atomic mass is 16.3. The summed E-state index contributed by atoms with van der Waals surface area (Å²) in [6, 6.07) is 0. The van der Waals surface area contributed by atoms with Crippen molar-refractivity contribution in [2.45, 2.75) is 31.8 Å². The first-order valence-electron chi connectivity index (χ1n) is 6.33. The van der Waals surface area contributed by atoms with Crippen molar-refractivity contribution in [2.75, 3.05) is 39.8 Å². The summed E-state index contributed by atoms with van der Waals surface area (Å²) >= 11 is 0. The lowest BCUT2D eigenvalue weighted by Crippen LogP contribution is -2.43. The van der Waals surface area contributed by atoms with Gasteiger partial charge in [0.1, 0.15) is 0 Å². The minimum Gasteiger partial charge on any atom is -0.393 e. The van der Waals surface area contributed by atoms with Gasteiger partial charge in [0.25, 0.3) is 0 Å². The quantitative estimate of drug-likeness (QED) is 0.733. The Morgan fingerprint density at radius 2 is 1.87 bits per heavy atom. The fourth-order valence-corrected chi connectivity index (χ4v) is 2.89. The molecule has 2 heterocycles. The molecule has 15 heavy (non-hydrogen) atoms. The Kier molecular flexibility index (Phi) is 4.00.